The molecule has 0 radical (unpaired) electrons. The van der Waals surface area contributed by atoms with Crippen molar-refractivity contribution in [2.24, 2.45) is 0 Å². The monoisotopic (exact) mass is 331 g/mol. The van der Waals surface area contributed by atoms with E-state index in [0.29, 0.717) is 35.6 Å². The number of carbonyl (C=O) groups is 1. The highest BCUT2D eigenvalue weighted by atomic mass is 16.7. The maximum atomic E-state index is 13.0. The molecule has 4 aliphatic rings. The molecule has 1 fully saturated rings. The van der Waals surface area contributed by atoms with E-state index in [1.807, 2.05) is 0 Å². The molecule has 3 heterocycles. The third-order valence-corrected chi connectivity index (χ3v) is 5.60. The predicted molar refractivity (Wildman–Crippen MR) is 81.4 cm³/mol. The van der Waals surface area contributed by atoms with E-state index in [1.165, 1.54) is 0 Å². The van der Waals surface area contributed by atoms with Crippen LogP contribution in [0, 0.1) is 5.21 Å². The Kier molecular flexibility index (Phi) is 2.68. The first-order valence-electron chi connectivity index (χ1n) is 8.05. The van der Waals surface area contributed by atoms with E-state index in [2.05, 4.69) is 0 Å². The van der Waals surface area contributed by atoms with Gasteiger partial charge in [0.05, 0.1) is 25.1 Å². The van der Waals surface area contributed by atoms with Crippen LogP contribution in [0.15, 0.2) is 23.8 Å². The van der Waals surface area contributed by atoms with Gasteiger partial charge >= 0.3 is 5.97 Å². The number of nitrogens with zero attached hydrogens (tertiary/aromatic N) is 1. The van der Waals surface area contributed by atoms with E-state index in [4.69, 9.17) is 14.2 Å². The summed E-state index contributed by atoms with van der Waals surface area (Å²) in [6, 6.07) is 3.03. The Balaban J connectivity index is 1.72. The Morgan fingerprint density at radius 3 is 2.83 bits per heavy atom. The average molecular weight is 331 g/mol. The van der Waals surface area contributed by atoms with Gasteiger partial charge < -0.3 is 29.2 Å². The van der Waals surface area contributed by atoms with Gasteiger partial charge in [-0.25, -0.2) is 4.79 Å². The van der Waals surface area contributed by atoms with Gasteiger partial charge in [-0.15, -0.1) is 0 Å². The van der Waals surface area contributed by atoms with Gasteiger partial charge in [0.15, 0.2) is 11.5 Å². The van der Waals surface area contributed by atoms with Crippen LogP contribution in [-0.2, 0) is 4.74 Å². The van der Waals surface area contributed by atoms with Gasteiger partial charge in [-0.3, -0.25) is 0 Å². The molecule has 3 aliphatic heterocycles. The van der Waals surface area contributed by atoms with Crippen LogP contribution in [0.3, 0.4) is 0 Å². The molecule has 0 aromatic heterocycles. The summed E-state index contributed by atoms with van der Waals surface area (Å²) in [7, 11) is 1.64. The molecule has 5 rings (SSSR count). The minimum atomic E-state index is -0.901. The highest BCUT2D eigenvalue weighted by molar-refractivity contribution is 5.94. The number of rotatable bonds is 0. The van der Waals surface area contributed by atoms with Gasteiger partial charge in [-0.1, -0.05) is 0 Å². The molecular formula is C17H17NO6. The number of likely N-dealkylation sites (tertiary alicyclic amines) is 1. The lowest BCUT2D eigenvalue weighted by molar-refractivity contribution is -0.872. The van der Waals surface area contributed by atoms with Gasteiger partial charge in [-0.05, 0) is 29.3 Å². The smallest absolute Gasteiger partial charge is 0.338 e. The standard InChI is InChI=1S/C17H17NO6/c1-18(21)3-2-8-4-11(19)16-14(15(8)18)9-5-12-13(23-7-22-12)6-10(9)17(20)24-16/h4-6,11,14-16,19H,2-3,7H2,1H3/t11-,14-,15+,16+,18?/m0/s1. The quantitative estimate of drug-likeness (QED) is 0.331. The molecule has 1 aliphatic carbocycles. The van der Waals surface area contributed by atoms with E-state index in [9.17, 15) is 15.1 Å². The predicted octanol–water partition coefficient (Wildman–Crippen LogP) is 1.06. The lowest BCUT2D eigenvalue weighted by Gasteiger charge is -2.49. The Hall–Kier alpha value is -2.09. The zero-order chi connectivity index (χ0) is 16.6. The molecule has 1 aromatic carbocycles. The van der Waals surface area contributed by atoms with Crippen LogP contribution in [0.4, 0.5) is 0 Å². The fourth-order valence-corrected chi connectivity index (χ4v) is 4.53. The number of quaternary nitrogens is 1. The van der Waals surface area contributed by atoms with Crippen molar-refractivity contribution in [1.82, 2.24) is 0 Å². The number of aliphatic hydroxyl groups is 1. The van der Waals surface area contributed by atoms with Crippen molar-refractivity contribution in [3.8, 4) is 11.5 Å². The molecule has 0 spiro atoms. The maximum absolute atomic E-state index is 13.0. The van der Waals surface area contributed by atoms with Crippen LogP contribution in [0.2, 0.25) is 0 Å². The molecule has 24 heavy (non-hydrogen) atoms. The highest BCUT2D eigenvalue weighted by Crippen LogP contribution is 2.50. The van der Waals surface area contributed by atoms with Crippen LogP contribution in [0.1, 0.15) is 28.3 Å². The van der Waals surface area contributed by atoms with E-state index in [-0.39, 0.29) is 18.8 Å². The second-order valence-electron chi connectivity index (χ2n) is 7.01. The van der Waals surface area contributed by atoms with Gasteiger partial charge in [0, 0.05) is 6.42 Å². The van der Waals surface area contributed by atoms with Crippen LogP contribution in [-0.4, -0.2) is 54.4 Å². The number of hydroxylamine groups is 3. The highest BCUT2D eigenvalue weighted by Gasteiger charge is 2.54. The van der Waals surface area contributed by atoms with E-state index >= 15 is 0 Å². The Morgan fingerprint density at radius 1 is 1.29 bits per heavy atom. The molecule has 0 bridgehead atoms. The normalized spacial score (nSPS) is 38.8. The summed E-state index contributed by atoms with van der Waals surface area (Å²) in [4.78, 5) is 12.4. The minimum Gasteiger partial charge on any atom is -0.633 e. The number of hydrogen-bond donors (Lipinski definition) is 1. The Labute approximate surface area is 138 Å². The lowest BCUT2D eigenvalue weighted by Crippen LogP contribution is -2.55. The summed E-state index contributed by atoms with van der Waals surface area (Å²) in [5.74, 6) is 0.179. The molecule has 1 N–H and O–H groups in total. The van der Waals surface area contributed by atoms with Crippen molar-refractivity contribution in [3.63, 3.8) is 0 Å². The average Bonchev–Trinajstić information content (AvgIpc) is 3.10. The van der Waals surface area contributed by atoms with E-state index in [0.717, 1.165) is 5.57 Å². The van der Waals surface area contributed by atoms with Gasteiger partial charge in [0.25, 0.3) is 0 Å². The van der Waals surface area contributed by atoms with Crippen molar-refractivity contribution in [2.45, 2.75) is 30.6 Å². The molecule has 7 heteroatoms. The maximum Gasteiger partial charge on any atom is 0.338 e. The summed E-state index contributed by atoms with van der Waals surface area (Å²) in [5.41, 5.74) is 2.04. The van der Waals surface area contributed by atoms with Gasteiger partial charge in [-0.2, -0.15) is 0 Å². The lowest BCUT2D eigenvalue weighted by atomic mass is 9.73. The fraction of sp³-hybridized carbons (Fsp3) is 0.471. The van der Waals surface area contributed by atoms with Crippen LogP contribution in [0.5, 0.6) is 11.5 Å². The number of esters is 1. The van der Waals surface area contributed by atoms with Crippen molar-refractivity contribution in [1.29, 1.82) is 0 Å². The molecule has 1 unspecified atom stereocenters. The molecule has 7 nitrogen and oxygen atoms in total. The first-order chi connectivity index (χ1) is 11.5. The largest absolute Gasteiger partial charge is 0.633 e. The minimum absolute atomic E-state index is 0.105. The number of fused-ring (bicyclic) bond motifs is 6. The number of aliphatic hydroxyl groups excluding tert-OH is 1. The summed E-state index contributed by atoms with van der Waals surface area (Å²) in [5, 5.41) is 23.4. The number of carbonyl (C=O) groups excluding carboxylic acids is 1. The first-order valence-corrected chi connectivity index (χ1v) is 8.05. The molecular weight excluding hydrogens is 314 g/mol. The summed E-state index contributed by atoms with van der Waals surface area (Å²) >= 11 is 0. The van der Waals surface area contributed by atoms with Crippen molar-refractivity contribution >= 4 is 5.97 Å². The topological polar surface area (TPSA) is 88.1 Å². The molecule has 1 saturated heterocycles. The van der Waals surface area contributed by atoms with Crippen molar-refractivity contribution in [2.75, 3.05) is 20.4 Å². The Bertz CT molecular complexity index is 786. The van der Waals surface area contributed by atoms with Gasteiger partial charge in [0.2, 0.25) is 6.79 Å². The number of hydrogen-bond acceptors (Lipinski definition) is 6. The molecule has 0 saturated carbocycles. The van der Waals surface area contributed by atoms with Crippen LogP contribution >= 0.6 is 0 Å². The molecule has 5 atom stereocenters. The first kappa shape index (κ1) is 14.3. The van der Waals surface area contributed by atoms with Crippen LogP contribution in [0.25, 0.3) is 0 Å². The molecule has 0 amide bonds. The summed E-state index contributed by atoms with van der Waals surface area (Å²) < 4.78 is 15.9. The van der Waals surface area contributed by atoms with E-state index < -0.39 is 22.8 Å². The molecule has 126 valence electrons. The van der Waals surface area contributed by atoms with Gasteiger partial charge in [0.1, 0.15) is 18.2 Å². The van der Waals surface area contributed by atoms with E-state index in [1.54, 1.807) is 25.3 Å². The fourth-order valence-electron chi connectivity index (χ4n) is 4.53. The van der Waals surface area contributed by atoms with Crippen LogP contribution < -0.4 is 9.47 Å². The summed E-state index contributed by atoms with van der Waals surface area (Å²) in [6.07, 6.45) is 0.697. The third-order valence-electron chi connectivity index (χ3n) is 5.60. The van der Waals surface area contributed by atoms with Crippen molar-refractivity contribution in [3.05, 3.63) is 40.1 Å². The molecule has 1 aromatic rings. The SMILES string of the molecule is C[N+]1([O-])CCC2=C[C@H](O)[C@H]3OC(=O)c4cc5c(cc4[C@H]3[C@@H]21)OCO5. The third kappa shape index (κ3) is 1.74. The zero-order valence-electron chi connectivity index (χ0n) is 13.1. The second-order valence-corrected chi connectivity index (χ2v) is 7.01. The van der Waals surface area contributed by atoms with Crippen molar-refractivity contribution < 1.29 is 28.8 Å². The zero-order valence-corrected chi connectivity index (χ0v) is 13.1. The number of ether oxygens (including phenoxy) is 3. The number of likely N-dealkylation sites (N-methyl/N-ethyl adjacent to an activating group) is 1. The second kappa shape index (κ2) is 4.50. The summed E-state index contributed by atoms with van der Waals surface area (Å²) in [6.45, 7) is 0.564. The number of benzene rings is 1. The Morgan fingerprint density at radius 2 is 2.04 bits per heavy atom.